The molecule has 0 spiro atoms. The molecule has 10 heteroatoms. The second kappa shape index (κ2) is 14.8. The van der Waals surface area contributed by atoms with Crippen LogP contribution >= 0.6 is 24.0 Å². The first-order valence-corrected chi connectivity index (χ1v) is 11.0. The standard InChI is InChI=1S/C16H34N4O4S.HI/c1-4-17-16(18-9-6-11-20(5-2)25(3,21)22)19-10-7-12-24-15-8-13-23-14-15;/h15H,4-14H2,1-3H3,(H2,17,18,19);1H. The highest BCUT2D eigenvalue weighted by Crippen LogP contribution is 2.08. The molecule has 0 radical (unpaired) electrons. The normalized spacial score (nSPS) is 18.0. The van der Waals surface area contributed by atoms with Crippen molar-refractivity contribution in [2.24, 2.45) is 4.99 Å². The van der Waals surface area contributed by atoms with E-state index in [0.29, 0.717) is 39.4 Å². The van der Waals surface area contributed by atoms with Gasteiger partial charge in [-0.15, -0.1) is 24.0 Å². The Hall–Kier alpha value is -0.170. The third-order valence-corrected chi connectivity index (χ3v) is 5.24. The third-order valence-electron chi connectivity index (χ3n) is 3.86. The van der Waals surface area contributed by atoms with Gasteiger partial charge in [0.1, 0.15) is 0 Å². The summed E-state index contributed by atoms with van der Waals surface area (Å²) in [6, 6.07) is 0. The van der Waals surface area contributed by atoms with Crippen LogP contribution in [0.25, 0.3) is 0 Å². The molecule has 0 aromatic rings. The summed E-state index contributed by atoms with van der Waals surface area (Å²) in [5.41, 5.74) is 0. The van der Waals surface area contributed by atoms with Crippen molar-refractivity contribution >= 4 is 40.0 Å². The van der Waals surface area contributed by atoms with E-state index in [-0.39, 0.29) is 30.1 Å². The molecule has 1 saturated heterocycles. The highest BCUT2D eigenvalue weighted by atomic mass is 127. The molecular weight excluding hydrogens is 471 g/mol. The molecule has 0 bridgehead atoms. The Kier molecular flexibility index (Phi) is 14.7. The van der Waals surface area contributed by atoms with Gasteiger partial charge >= 0.3 is 0 Å². The van der Waals surface area contributed by atoms with Crippen LogP contribution in [0.15, 0.2) is 4.99 Å². The van der Waals surface area contributed by atoms with Gasteiger partial charge in [0.05, 0.1) is 19.0 Å². The van der Waals surface area contributed by atoms with Crippen LogP contribution in [0, 0.1) is 0 Å². The van der Waals surface area contributed by atoms with E-state index >= 15 is 0 Å². The van der Waals surface area contributed by atoms with Gasteiger partial charge in [-0.1, -0.05) is 6.92 Å². The van der Waals surface area contributed by atoms with Gasteiger partial charge in [0.15, 0.2) is 5.96 Å². The molecule has 26 heavy (non-hydrogen) atoms. The largest absolute Gasteiger partial charge is 0.379 e. The molecule has 0 aromatic carbocycles. The molecule has 8 nitrogen and oxygen atoms in total. The number of guanidine groups is 1. The van der Waals surface area contributed by atoms with Crippen molar-refractivity contribution in [2.45, 2.75) is 39.2 Å². The number of rotatable bonds is 12. The highest BCUT2D eigenvalue weighted by Gasteiger charge is 2.15. The van der Waals surface area contributed by atoms with E-state index in [1.807, 2.05) is 13.8 Å². The second-order valence-corrected chi connectivity index (χ2v) is 7.99. The van der Waals surface area contributed by atoms with Gasteiger partial charge in [0, 0.05) is 45.9 Å². The molecule has 2 N–H and O–H groups in total. The van der Waals surface area contributed by atoms with Crippen molar-refractivity contribution in [3.63, 3.8) is 0 Å². The number of ether oxygens (including phenoxy) is 2. The van der Waals surface area contributed by atoms with Crippen molar-refractivity contribution in [3.8, 4) is 0 Å². The van der Waals surface area contributed by atoms with Crippen molar-refractivity contribution in [1.29, 1.82) is 0 Å². The predicted molar refractivity (Wildman–Crippen MR) is 116 cm³/mol. The summed E-state index contributed by atoms with van der Waals surface area (Å²) in [4.78, 5) is 4.51. The maximum atomic E-state index is 11.5. The first kappa shape index (κ1) is 25.8. The summed E-state index contributed by atoms with van der Waals surface area (Å²) < 4.78 is 35.5. The molecule has 0 amide bonds. The number of halogens is 1. The molecule has 0 aliphatic carbocycles. The van der Waals surface area contributed by atoms with Crippen LogP contribution in [0.3, 0.4) is 0 Å². The van der Waals surface area contributed by atoms with Gasteiger partial charge in [0.25, 0.3) is 0 Å². The van der Waals surface area contributed by atoms with Gasteiger partial charge < -0.3 is 20.1 Å². The second-order valence-electron chi connectivity index (χ2n) is 6.01. The van der Waals surface area contributed by atoms with E-state index in [4.69, 9.17) is 9.47 Å². The lowest BCUT2D eigenvalue weighted by Crippen LogP contribution is -2.39. The molecule has 1 aliphatic rings. The van der Waals surface area contributed by atoms with Crippen molar-refractivity contribution < 1.29 is 17.9 Å². The molecule has 1 unspecified atom stereocenters. The Morgan fingerprint density at radius 1 is 1.31 bits per heavy atom. The first-order valence-electron chi connectivity index (χ1n) is 9.14. The maximum Gasteiger partial charge on any atom is 0.211 e. The van der Waals surface area contributed by atoms with Crippen LogP contribution in [0.5, 0.6) is 0 Å². The van der Waals surface area contributed by atoms with Crippen LogP contribution in [-0.4, -0.2) is 83.6 Å². The van der Waals surface area contributed by atoms with Gasteiger partial charge in [-0.25, -0.2) is 12.7 Å². The molecule has 1 fully saturated rings. The van der Waals surface area contributed by atoms with E-state index < -0.39 is 10.0 Å². The number of nitrogens with one attached hydrogen (secondary N) is 2. The van der Waals surface area contributed by atoms with Crippen LogP contribution in [0.2, 0.25) is 0 Å². The zero-order valence-electron chi connectivity index (χ0n) is 16.2. The van der Waals surface area contributed by atoms with E-state index in [1.54, 1.807) is 0 Å². The minimum atomic E-state index is -3.12. The monoisotopic (exact) mass is 506 g/mol. The molecule has 1 atom stereocenters. The van der Waals surface area contributed by atoms with Crippen LogP contribution in [0.1, 0.15) is 33.1 Å². The summed E-state index contributed by atoms with van der Waals surface area (Å²) in [6.07, 6.45) is 4.07. The zero-order valence-corrected chi connectivity index (χ0v) is 19.3. The summed E-state index contributed by atoms with van der Waals surface area (Å²) >= 11 is 0. The predicted octanol–water partition coefficient (Wildman–Crippen LogP) is 1.03. The van der Waals surface area contributed by atoms with Gasteiger partial charge in [0.2, 0.25) is 10.0 Å². The Morgan fingerprint density at radius 2 is 2.08 bits per heavy atom. The fraction of sp³-hybridized carbons (Fsp3) is 0.938. The van der Waals surface area contributed by atoms with Crippen LogP contribution in [-0.2, 0) is 19.5 Å². The van der Waals surface area contributed by atoms with Gasteiger partial charge in [-0.2, -0.15) is 0 Å². The van der Waals surface area contributed by atoms with E-state index in [0.717, 1.165) is 38.4 Å². The Bertz CT molecular complexity index is 485. The molecule has 1 heterocycles. The number of hydrogen-bond acceptors (Lipinski definition) is 5. The molecule has 156 valence electrons. The molecule has 1 rings (SSSR count). The Balaban J connectivity index is 0.00000625. The third kappa shape index (κ3) is 11.5. The topological polar surface area (TPSA) is 92.3 Å². The smallest absolute Gasteiger partial charge is 0.211 e. The Labute approximate surface area is 175 Å². The molecule has 0 saturated carbocycles. The molecule has 0 aromatic heterocycles. The fourth-order valence-corrected chi connectivity index (χ4v) is 3.44. The van der Waals surface area contributed by atoms with Crippen molar-refractivity contribution in [3.05, 3.63) is 0 Å². The summed E-state index contributed by atoms with van der Waals surface area (Å²) in [6.45, 7) is 9.21. The van der Waals surface area contributed by atoms with Crippen molar-refractivity contribution in [1.82, 2.24) is 14.9 Å². The molecular formula is C16H35IN4O4S. The van der Waals surface area contributed by atoms with Gasteiger partial charge in [-0.3, -0.25) is 4.99 Å². The zero-order chi connectivity index (χ0) is 18.5. The quantitative estimate of drug-likeness (QED) is 0.178. The summed E-state index contributed by atoms with van der Waals surface area (Å²) in [5.74, 6) is 0.758. The van der Waals surface area contributed by atoms with Crippen molar-refractivity contribution in [2.75, 3.05) is 58.8 Å². The summed E-state index contributed by atoms with van der Waals surface area (Å²) in [7, 11) is -3.12. The lowest BCUT2D eigenvalue weighted by molar-refractivity contribution is 0.0424. The first-order chi connectivity index (χ1) is 12.0. The number of aliphatic imine (C=N–C) groups is 1. The SMILES string of the molecule is CCNC(=NCCCOC1CCOC1)NCCCN(CC)S(C)(=O)=O.I. The van der Waals surface area contributed by atoms with E-state index in [9.17, 15) is 8.42 Å². The van der Waals surface area contributed by atoms with E-state index in [2.05, 4.69) is 15.6 Å². The fourth-order valence-electron chi connectivity index (χ4n) is 2.51. The number of hydrogen-bond donors (Lipinski definition) is 2. The maximum absolute atomic E-state index is 11.5. The minimum Gasteiger partial charge on any atom is -0.379 e. The van der Waals surface area contributed by atoms with Gasteiger partial charge in [-0.05, 0) is 26.2 Å². The number of sulfonamides is 1. The Morgan fingerprint density at radius 3 is 2.65 bits per heavy atom. The minimum absolute atomic E-state index is 0. The van der Waals surface area contributed by atoms with E-state index in [1.165, 1.54) is 10.6 Å². The number of nitrogens with zero attached hydrogens (tertiary/aromatic N) is 2. The average molecular weight is 506 g/mol. The van der Waals surface area contributed by atoms with Crippen LogP contribution in [0.4, 0.5) is 0 Å². The molecule has 1 aliphatic heterocycles. The van der Waals surface area contributed by atoms with Crippen LogP contribution < -0.4 is 10.6 Å². The summed E-state index contributed by atoms with van der Waals surface area (Å²) in [5, 5.41) is 6.43. The average Bonchev–Trinajstić information content (AvgIpc) is 3.06. The highest BCUT2D eigenvalue weighted by molar-refractivity contribution is 14.0. The lowest BCUT2D eigenvalue weighted by atomic mass is 10.3. The lowest BCUT2D eigenvalue weighted by Gasteiger charge is -2.18.